The SMILES string of the molecule is CCNc1ccccc1C(=O)NC1CCC(=O)N(C)C1. The third-order valence-corrected chi connectivity index (χ3v) is 3.50. The van der Waals surface area contributed by atoms with Gasteiger partial charge in [-0.25, -0.2) is 0 Å². The maximum Gasteiger partial charge on any atom is 0.253 e. The van der Waals surface area contributed by atoms with Crippen LogP contribution < -0.4 is 10.6 Å². The van der Waals surface area contributed by atoms with Crippen LogP contribution in [0.1, 0.15) is 30.1 Å². The summed E-state index contributed by atoms with van der Waals surface area (Å²) in [6.45, 7) is 3.34. The van der Waals surface area contributed by atoms with Crippen molar-refractivity contribution in [3.8, 4) is 0 Å². The van der Waals surface area contributed by atoms with Crippen LogP contribution in [0, 0.1) is 0 Å². The normalized spacial score (nSPS) is 18.8. The monoisotopic (exact) mass is 275 g/mol. The number of likely N-dealkylation sites (N-methyl/N-ethyl adjacent to an activating group) is 1. The van der Waals surface area contributed by atoms with E-state index >= 15 is 0 Å². The molecule has 0 bridgehead atoms. The maximum absolute atomic E-state index is 12.3. The van der Waals surface area contributed by atoms with Gasteiger partial charge in [-0.3, -0.25) is 9.59 Å². The van der Waals surface area contributed by atoms with Gasteiger partial charge in [0.2, 0.25) is 5.91 Å². The Hall–Kier alpha value is -2.04. The molecule has 1 aliphatic rings. The van der Waals surface area contributed by atoms with E-state index in [1.807, 2.05) is 31.2 Å². The van der Waals surface area contributed by atoms with Crippen molar-refractivity contribution in [1.29, 1.82) is 0 Å². The summed E-state index contributed by atoms with van der Waals surface area (Å²) in [7, 11) is 1.77. The quantitative estimate of drug-likeness (QED) is 0.874. The average molecular weight is 275 g/mol. The molecule has 2 rings (SSSR count). The number of anilines is 1. The number of benzene rings is 1. The number of amides is 2. The highest BCUT2D eigenvalue weighted by Gasteiger charge is 2.24. The molecule has 0 radical (unpaired) electrons. The fourth-order valence-electron chi connectivity index (χ4n) is 2.42. The first kappa shape index (κ1) is 14.4. The minimum atomic E-state index is -0.0886. The summed E-state index contributed by atoms with van der Waals surface area (Å²) in [4.78, 5) is 25.5. The first-order valence-corrected chi connectivity index (χ1v) is 6.99. The lowest BCUT2D eigenvalue weighted by Gasteiger charge is -2.30. The number of carbonyl (C=O) groups excluding carboxylic acids is 2. The predicted octanol–water partition coefficient (Wildman–Crippen LogP) is 1.47. The Kier molecular flexibility index (Phi) is 4.61. The summed E-state index contributed by atoms with van der Waals surface area (Å²) in [5.74, 6) is 0.0536. The Balaban J connectivity index is 2.03. The zero-order valence-electron chi connectivity index (χ0n) is 12.0. The molecule has 1 fully saturated rings. The van der Waals surface area contributed by atoms with E-state index in [0.717, 1.165) is 12.2 Å². The van der Waals surface area contributed by atoms with E-state index in [1.165, 1.54) is 0 Å². The Morgan fingerprint density at radius 2 is 2.15 bits per heavy atom. The summed E-state index contributed by atoms with van der Waals surface area (Å²) < 4.78 is 0. The number of nitrogens with one attached hydrogen (secondary N) is 2. The van der Waals surface area contributed by atoms with Crippen molar-refractivity contribution in [3.63, 3.8) is 0 Å². The summed E-state index contributed by atoms with van der Waals surface area (Å²) in [5.41, 5.74) is 1.49. The average Bonchev–Trinajstić information content (AvgIpc) is 2.44. The number of hydrogen-bond donors (Lipinski definition) is 2. The number of carbonyl (C=O) groups is 2. The standard InChI is InChI=1S/C15H21N3O2/c1-3-16-13-7-5-4-6-12(13)15(20)17-11-8-9-14(19)18(2)10-11/h4-7,11,16H,3,8-10H2,1-2H3,(H,17,20). The second-order valence-electron chi connectivity index (χ2n) is 5.06. The van der Waals surface area contributed by atoms with Crippen LogP contribution in [0.15, 0.2) is 24.3 Å². The molecule has 108 valence electrons. The molecule has 0 aliphatic carbocycles. The molecule has 1 saturated heterocycles. The van der Waals surface area contributed by atoms with Crippen LogP contribution in [0.2, 0.25) is 0 Å². The van der Waals surface area contributed by atoms with Gasteiger partial charge >= 0.3 is 0 Å². The Morgan fingerprint density at radius 3 is 2.85 bits per heavy atom. The molecule has 0 saturated carbocycles. The number of para-hydroxylation sites is 1. The van der Waals surface area contributed by atoms with Gasteiger partial charge in [0.15, 0.2) is 0 Å². The second-order valence-corrected chi connectivity index (χ2v) is 5.06. The molecular weight excluding hydrogens is 254 g/mol. The van der Waals surface area contributed by atoms with Gasteiger partial charge in [-0.2, -0.15) is 0 Å². The largest absolute Gasteiger partial charge is 0.385 e. The lowest BCUT2D eigenvalue weighted by Crippen LogP contribution is -2.48. The van der Waals surface area contributed by atoms with Crippen molar-refractivity contribution < 1.29 is 9.59 Å². The van der Waals surface area contributed by atoms with Crippen LogP contribution in [0.5, 0.6) is 0 Å². The molecule has 5 heteroatoms. The Bertz CT molecular complexity index is 502. The highest BCUT2D eigenvalue weighted by Crippen LogP contribution is 2.16. The smallest absolute Gasteiger partial charge is 0.253 e. The van der Waals surface area contributed by atoms with E-state index in [4.69, 9.17) is 0 Å². The van der Waals surface area contributed by atoms with Crippen molar-refractivity contribution in [2.75, 3.05) is 25.5 Å². The van der Waals surface area contributed by atoms with Gasteiger partial charge < -0.3 is 15.5 Å². The highest BCUT2D eigenvalue weighted by molar-refractivity contribution is 5.99. The Morgan fingerprint density at radius 1 is 1.40 bits per heavy atom. The molecule has 0 aromatic heterocycles. The molecule has 5 nitrogen and oxygen atoms in total. The molecule has 1 aliphatic heterocycles. The van der Waals surface area contributed by atoms with Gasteiger partial charge in [-0.05, 0) is 25.5 Å². The molecule has 1 aromatic carbocycles. The zero-order valence-corrected chi connectivity index (χ0v) is 12.0. The lowest BCUT2D eigenvalue weighted by molar-refractivity contribution is -0.132. The topological polar surface area (TPSA) is 61.4 Å². The van der Waals surface area contributed by atoms with E-state index in [-0.39, 0.29) is 17.9 Å². The van der Waals surface area contributed by atoms with Crippen molar-refractivity contribution in [1.82, 2.24) is 10.2 Å². The molecular formula is C15H21N3O2. The molecule has 1 aromatic rings. The van der Waals surface area contributed by atoms with E-state index in [1.54, 1.807) is 11.9 Å². The Labute approximate surface area is 119 Å². The van der Waals surface area contributed by atoms with Crippen molar-refractivity contribution in [2.24, 2.45) is 0 Å². The maximum atomic E-state index is 12.3. The van der Waals surface area contributed by atoms with Gasteiger partial charge in [0.05, 0.1) is 5.56 Å². The fraction of sp³-hybridized carbons (Fsp3) is 0.467. The van der Waals surface area contributed by atoms with Gasteiger partial charge in [-0.1, -0.05) is 12.1 Å². The molecule has 2 amide bonds. The number of hydrogen-bond acceptors (Lipinski definition) is 3. The number of rotatable bonds is 4. The summed E-state index contributed by atoms with van der Waals surface area (Å²) in [6.07, 6.45) is 1.20. The van der Waals surface area contributed by atoms with Crippen molar-refractivity contribution in [2.45, 2.75) is 25.8 Å². The van der Waals surface area contributed by atoms with Crippen LogP contribution in [0.4, 0.5) is 5.69 Å². The fourth-order valence-corrected chi connectivity index (χ4v) is 2.42. The van der Waals surface area contributed by atoms with Crippen LogP contribution in [-0.4, -0.2) is 42.9 Å². The minimum absolute atomic E-state index is 0.0277. The predicted molar refractivity (Wildman–Crippen MR) is 78.7 cm³/mol. The first-order valence-electron chi connectivity index (χ1n) is 6.99. The van der Waals surface area contributed by atoms with E-state index < -0.39 is 0 Å². The summed E-state index contributed by atoms with van der Waals surface area (Å²) in [5, 5.41) is 6.20. The van der Waals surface area contributed by atoms with Crippen LogP contribution in [0.3, 0.4) is 0 Å². The number of likely N-dealkylation sites (tertiary alicyclic amines) is 1. The molecule has 0 spiro atoms. The molecule has 1 unspecified atom stereocenters. The molecule has 2 N–H and O–H groups in total. The van der Waals surface area contributed by atoms with Crippen molar-refractivity contribution in [3.05, 3.63) is 29.8 Å². The van der Waals surface area contributed by atoms with Crippen LogP contribution >= 0.6 is 0 Å². The lowest BCUT2D eigenvalue weighted by atomic mass is 10.0. The molecule has 20 heavy (non-hydrogen) atoms. The zero-order chi connectivity index (χ0) is 14.5. The first-order chi connectivity index (χ1) is 9.61. The van der Waals surface area contributed by atoms with Crippen LogP contribution in [-0.2, 0) is 4.79 Å². The third kappa shape index (κ3) is 3.29. The summed E-state index contributed by atoms with van der Waals surface area (Å²) >= 11 is 0. The second kappa shape index (κ2) is 6.41. The third-order valence-electron chi connectivity index (χ3n) is 3.50. The highest BCUT2D eigenvalue weighted by atomic mass is 16.2. The van der Waals surface area contributed by atoms with Gasteiger partial charge in [0.1, 0.15) is 0 Å². The summed E-state index contributed by atoms with van der Waals surface area (Å²) in [6, 6.07) is 7.49. The van der Waals surface area contributed by atoms with E-state index in [9.17, 15) is 9.59 Å². The van der Waals surface area contributed by atoms with E-state index in [2.05, 4.69) is 10.6 Å². The molecule has 1 atom stereocenters. The van der Waals surface area contributed by atoms with Crippen molar-refractivity contribution >= 4 is 17.5 Å². The van der Waals surface area contributed by atoms with Gasteiger partial charge in [-0.15, -0.1) is 0 Å². The molecule has 1 heterocycles. The van der Waals surface area contributed by atoms with Crippen LogP contribution in [0.25, 0.3) is 0 Å². The van der Waals surface area contributed by atoms with Gasteiger partial charge in [0.25, 0.3) is 5.91 Å². The number of piperidine rings is 1. The minimum Gasteiger partial charge on any atom is -0.385 e. The van der Waals surface area contributed by atoms with E-state index in [0.29, 0.717) is 24.9 Å². The number of nitrogens with zero attached hydrogens (tertiary/aromatic N) is 1. The van der Waals surface area contributed by atoms with Gasteiger partial charge in [0, 0.05) is 38.3 Å².